The first kappa shape index (κ1) is 22.5. The van der Waals surface area contributed by atoms with Crippen LogP contribution in [-0.4, -0.2) is 34.1 Å². The minimum atomic E-state index is -0.539. The van der Waals surface area contributed by atoms with E-state index < -0.39 is 10.9 Å². The zero-order valence-corrected chi connectivity index (χ0v) is 17.4. The average Bonchev–Trinajstić information content (AvgIpc) is 3.30. The molecule has 0 aliphatic heterocycles. The number of rotatable bonds is 9. The van der Waals surface area contributed by atoms with Gasteiger partial charge in [-0.15, -0.1) is 0 Å². The van der Waals surface area contributed by atoms with Crippen molar-refractivity contribution in [1.29, 1.82) is 0 Å². The number of esters is 1. The van der Waals surface area contributed by atoms with Crippen molar-refractivity contribution in [2.24, 2.45) is 0 Å². The van der Waals surface area contributed by atoms with Crippen LogP contribution in [-0.2, 0) is 4.74 Å². The lowest BCUT2D eigenvalue weighted by molar-refractivity contribution is -0.385. The second kappa shape index (κ2) is 11.3. The van der Waals surface area contributed by atoms with Crippen molar-refractivity contribution in [3.05, 3.63) is 70.4 Å². The number of benzene rings is 1. The molecule has 0 unspecified atom stereocenters. The van der Waals surface area contributed by atoms with Crippen molar-refractivity contribution in [3.63, 3.8) is 0 Å². The van der Waals surface area contributed by atoms with E-state index in [-0.39, 0.29) is 29.6 Å². The number of nitro benzene ring substituents is 1. The molecule has 3 rings (SSSR count). The molecule has 164 valence electrons. The van der Waals surface area contributed by atoms with Crippen LogP contribution >= 0.6 is 0 Å². The number of para-hydroxylation sites is 2. The zero-order chi connectivity index (χ0) is 22.8. The number of pyridine rings is 1. The topological polar surface area (TPSA) is 118 Å². The van der Waals surface area contributed by atoms with E-state index in [1.807, 2.05) is 0 Å². The summed E-state index contributed by atoms with van der Waals surface area (Å²) in [6.45, 7) is 2.34. The third-order valence-electron chi connectivity index (χ3n) is 4.23. The van der Waals surface area contributed by atoms with Gasteiger partial charge in [0.1, 0.15) is 12.0 Å². The van der Waals surface area contributed by atoms with Crippen LogP contribution in [0.3, 0.4) is 0 Å². The Labute approximate surface area is 184 Å². The molecular formula is C23H21N3O6. The van der Waals surface area contributed by atoms with Crippen LogP contribution in [0.15, 0.2) is 53.3 Å². The van der Waals surface area contributed by atoms with E-state index >= 15 is 0 Å². The molecule has 0 amide bonds. The fourth-order valence-corrected chi connectivity index (χ4v) is 2.72. The Kier molecular flexibility index (Phi) is 7.92. The Morgan fingerprint density at radius 2 is 2.09 bits per heavy atom. The third kappa shape index (κ3) is 6.15. The fraction of sp³-hybridized carbons (Fsp3) is 0.261. The second-order valence-corrected chi connectivity index (χ2v) is 6.52. The highest BCUT2D eigenvalue weighted by molar-refractivity contribution is 5.87. The van der Waals surface area contributed by atoms with Crippen LogP contribution in [0.1, 0.15) is 42.4 Å². The van der Waals surface area contributed by atoms with E-state index in [2.05, 4.69) is 21.8 Å². The number of carbonyl (C=O) groups excluding carboxylic acids is 1. The molecule has 0 spiro atoms. The van der Waals surface area contributed by atoms with Crippen LogP contribution in [0.25, 0.3) is 11.5 Å². The predicted molar refractivity (Wildman–Crippen MR) is 115 cm³/mol. The van der Waals surface area contributed by atoms with E-state index in [4.69, 9.17) is 13.9 Å². The van der Waals surface area contributed by atoms with Gasteiger partial charge < -0.3 is 13.9 Å². The molecule has 1 aromatic carbocycles. The zero-order valence-electron chi connectivity index (χ0n) is 17.4. The van der Waals surface area contributed by atoms with Gasteiger partial charge in [0.2, 0.25) is 5.89 Å². The molecule has 32 heavy (non-hydrogen) atoms. The maximum Gasteiger partial charge on any atom is 0.360 e. The normalized spacial score (nSPS) is 10.2. The molecule has 3 aromatic rings. The largest absolute Gasteiger partial charge is 0.487 e. The van der Waals surface area contributed by atoms with Gasteiger partial charge in [0.05, 0.1) is 18.1 Å². The molecule has 2 aromatic heterocycles. The van der Waals surface area contributed by atoms with Crippen LogP contribution in [0.4, 0.5) is 5.69 Å². The van der Waals surface area contributed by atoms with Crippen LogP contribution in [0.2, 0.25) is 0 Å². The Hall–Kier alpha value is -4.19. The van der Waals surface area contributed by atoms with Gasteiger partial charge in [-0.3, -0.25) is 10.1 Å². The molecule has 0 N–H and O–H groups in total. The standard InChI is InChI=1S/C23H21N3O6/c1-2-30-23(27)19-16-32-22(25-19)17-12-13-24-18(15-17)9-5-3-4-8-14-31-21-11-7-6-10-20(21)26(28)29/h6-7,10-13,15-16H,2-4,8,14H2,1H3. The highest BCUT2D eigenvalue weighted by atomic mass is 16.6. The minimum absolute atomic E-state index is 0.0429. The minimum Gasteiger partial charge on any atom is -0.487 e. The first-order valence-corrected chi connectivity index (χ1v) is 10.0. The molecule has 0 fully saturated rings. The molecule has 2 heterocycles. The number of oxazole rings is 1. The third-order valence-corrected chi connectivity index (χ3v) is 4.23. The van der Waals surface area contributed by atoms with Crippen LogP contribution < -0.4 is 4.74 Å². The molecule has 0 radical (unpaired) electrons. The van der Waals surface area contributed by atoms with Crippen molar-refractivity contribution in [1.82, 2.24) is 9.97 Å². The van der Waals surface area contributed by atoms with Gasteiger partial charge in [-0.05, 0) is 43.9 Å². The summed E-state index contributed by atoms with van der Waals surface area (Å²) in [6, 6.07) is 9.74. The molecule has 0 atom stereocenters. The maximum atomic E-state index is 11.7. The van der Waals surface area contributed by atoms with Crippen molar-refractivity contribution in [3.8, 4) is 29.0 Å². The number of aromatic nitrogens is 2. The van der Waals surface area contributed by atoms with E-state index in [1.165, 1.54) is 12.3 Å². The van der Waals surface area contributed by atoms with E-state index in [0.717, 1.165) is 6.42 Å². The van der Waals surface area contributed by atoms with Gasteiger partial charge in [0, 0.05) is 24.2 Å². The summed E-state index contributed by atoms with van der Waals surface area (Å²) in [5.41, 5.74) is 1.26. The summed E-state index contributed by atoms with van der Waals surface area (Å²) in [6.07, 6.45) is 4.95. The van der Waals surface area contributed by atoms with Gasteiger partial charge in [-0.25, -0.2) is 14.8 Å². The first-order chi connectivity index (χ1) is 15.6. The molecule has 0 aliphatic rings. The van der Waals surface area contributed by atoms with Gasteiger partial charge in [0.15, 0.2) is 11.4 Å². The summed E-state index contributed by atoms with van der Waals surface area (Å²) in [7, 11) is 0. The SMILES string of the molecule is CCOC(=O)c1coc(-c2ccnc(C#CCCCCOc3ccccc3[N+](=O)[O-])c2)n1. The Bertz CT molecular complexity index is 1150. The Morgan fingerprint density at radius 3 is 2.91 bits per heavy atom. The highest BCUT2D eigenvalue weighted by Crippen LogP contribution is 2.26. The van der Waals surface area contributed by atoms with Gasteiger partial charge in [-0.2, -0.15) is 0 Å². The Balaban J connectivity index is 1.49. The molecular weight excluding hydrogens is 414 g/mol. The number of unbranched alkanes of at least 4 members (excludes halogenated alkanes) is 2. The number of carbonyl (C=O) groups is 1. The summed E-state index contributed by atoms with van der Waals surface area (Å²) >= 11 is 0. The highest BCUT2D eigenvalue weighted by Gasteiger charge is 2.15. The lowest BCUT2D eigenvalue weighted by atomic mass is 10.2. The van der Waals surface area contributed by atoms with Gasteiger partial charge in [-0.1, -0.05) is 18.1 Å². The van der Waals surface area contributed by atoms with Gasteiger partial charge in [0.25, 0.3) is 0 Å². The molecule has 0 aliphatic carbocycles. The summed E-state index contributed by atoms with van der Waals surface area (Å²) in [5.74, 6) is 6.04. The van der Waals surface area contributed by atoms with Crippen molar-refractivity contribution < 1.29 is 23.6 Å². The molecule has 0 saturated heterocycles. The van der Waals surface area contributed by atoms with E-state index in [1.54, 1.807) is 43.5 Å². The van der Waals surface area contributed by atoms with E-state index in [9.17, 15) is 14.9 Å². The summed E-state index contributed by atoms with van der Waals surface area (Å²) < 4.78 is 15.8. The quantitative estimate of drug-likeness (QED) is 0.159. The van der Waals surface area contributed by atoms with Crippen molar-refractivity contribution >= 4 is 11.7 Å². The lowest BCUT2D eigenvalue weighted by Crippen LogP contribution is -2.04. The maximum absolute atomic E-state index is 11.7. The summed E-state index contributed by atoms with van der Waals surface area (Å²) in [5, 5.41) is 11.0. The van der Waals surface area contributed by atoms with E-state index in [0.29, 0.717) is 30.7 Å². The molecule has 9 heteroatoms. The molecule has 0 bridgehead atoms. The predicted octanol–water partition coefficient (Wildman–Crippen LogP) is 4.42. The number of nitro groups is 1. The molecule has 9 nitrogen and oxygen atoms in total. The van der Waals surface area contributed by atoms with Crippen LogP contribution in [0.5, 0.6) is 5.75 Å². The number of nitrogens with zero attached hydrogens (tertiary/aromatic N) is 3. The lowest BCUT2D eigenvalue weighted by Gasteiger charge is -2.05. The second-order valence-electron chi connectivity index (χ2n) is 6.52. The van der Waals surface area contributed by atoms with Gasteiger partial charge >= 0.3 is 11.7 Å². The summed E-state index contributed by atoms with van der Waals surface area (Å²) in [4.78, 5) is 30.6. The van der Waals surface area contributed by atoms with Crippen molar-refractivity contribution in [2.45, 2.75) is 26.2 Å². The monoisotopic (exact) mass is 435 g/mol. The van der Waals surface area contributed by atoms with Crippen molar-refractivity contribution in [2.75, 3.05) is 13.2 Å². The Morgan fingerprint density at radius 1 is 1.25 bits per heavy atom. The number of hydrogen-bond acceptors (Lipinski definition) is 8. The first-order valence-electron chi connectivity index (χ1n) is 10.0. The number of ether oxygens (including phenoxy) is 2. The average molecular weight is 435 g/mol. The molecule has 0 saturated carbocycles. The smallest absolute Gasteiger partial charge is 0.360 e. The van der Waals surface area contributed by atoms with Crippen LogP contribution in [0, 0.1) is 22.0 Å². The fourth-order valence-electron chi connectivity index (χ4n) is 2.72. The number of hydrogen-bond donors (Lipinski definition) is 0.